The summed E-state index contributed by atoms with van der Waals surface area (Å²) in [7, 11) is 0. The fourth-order valence-electron chi connectivity index (χ4n) is 2.42. The molecule has 2 aromatic rings. The zero-order valence-corrected chi connectivity index (χ0v) is 13.9. The molecule has 0 fully saturated rings. The largest absolute Gasteiger partial charge is 0.507 e. The number of phenolic OH excluding ortho intramolecular Hbond substituents is 1. The average molecular weight is 358 g/mol. The number of hydrogen-bond acceptors (Lipinski definition) is 3. The SMILES string of the molecule is [C-]#[N+]c1ccc(O)c(C(=O)NC(N)=NCCF)c1-c1cc(F)ccc1C. The zero-order chi connectivity index (χ0) is 19.3. The van der Waals surface area contributed by atoms with E-state index in [1.165, 1.54) is 30.3 Å². The summed E-state index contributed by atoms with van der Waals surface area (Å²) in [4.78, 5) is 19.5. The second-order valence-electron chi connectivity index (χ2n) is 5.33. The molecule has 8 heteroatoms. The van der Waals surface area contributed by atoms with Crippen molar-refractivity contribution in [3.63, 3.8) is 0 Å². The number of carbonyl (C=O) groups is 1. The van der Waals surface area contributed by atoms with E-state index in [4.69, 9.17) is 12.3 Å². The number of hydrogen-bond donors (Lipinski definition) is 3. The van der Waals surface area contributed by atoms with Gasteiger partial charge in [0.25, 0.3) is 5.91 Å². The molecule has 0 bridgehead atoms. The fraction of sp³-hybridized carbons (Fsp3) is 0.167. The Kier molecular flexibility index (Phi) is 5.86. The van der Waals surface area contributed by atoms with E-state index >= 15 is 0 Å². The van der Waals surface area contributed by atoms with Gasteiger partial charge in [-0.15, -0.1) is 0 Å². The molecule has 0 unspecified atom stereocenters. The molecule has 0 atom stereocenters. The van der Waals surface area contributed by atoms with Crippen molar-refractivity contribution in [2.24, 2.45) is 10.7 Å². The third-order valence-corrected chi connectivity index (χ3v) is 3.59. The molecule has 4 N–H and O–H groups in total. The molecule has 0 heterocycles. The van der Waals surface area contributed by atoms with Crippen molar-refractivity contribution < 1.29 is 18.7 Å². The molecular weight excluding hydrogens is 342 g/mol. The zero-order valence-electron chi connectivity index (χ0n) is 13.9. The van der Waals surface area contributed by atoms with Gasteiger partial charge in [0.15, 0.2) is 11.6 Å². The van der Waals surface area contributed by atoms with Crippen LogP contribution in [0.1, 0.15) is 15.9 Å². The van der Waals surface area contributed by atoms with Crippen LogP contribution in [0.5, 0.6) is 5.75 Å². The summed E-state index contributed by atoms with van der Waals surface area (Å²) in [6.45, 7) is 8.04. The maximum absolute atomic E-state index is 13.7. The summed E-state index contributed by atoms with van der Waals surface area (Å²) in [5.41, 5.74) is 6.29. The molecule has 2 rings (SSSR count). The van der Waals surface area contributed by atoms with Crippen molar-refractivity contribution in [2.75, 3.05) is 13.2 Å². The number of alkyl halides is 1. The lowest BCUT2D eigenvalue weighted by atomic mass is 9.93. The molecule has 26 heavy (non-hydrogen) atoms. The highest BCUT2D eigenvalue weighted by molar-refractivity contribution is 6.12. The van der Waals surface area contributed by atoms with E-state index in [0.29, 0.717) is 5.56 Å². The van der Waals surface area contributed by atoms with Crippen LogP contribution in [0.15, 0.2) is 35.3 Å². The highest BCUT2D eigenvalue weighted by atomic mass is 19.1. The minimum Gasteiger partial charge on any atom is -0.507 e. The number of guanidine groups is 1. The molecule has 1 amide bonds. The number of benzene rings is 2. The summed E-state index contributed by atoms with van der Waals surface area (Å²) in [5, 5.41) is 12.4. The van der Waals surface area contributed by atoms with Gasteiger partial charge in [0, 0.05) is 5.56 Å². The summed E-state index contributed by atoms with van der Waals surface area (Å²) in [6, 6.07) is 6.45. The number of aryl methyl sites for hydroxylation is 1. The summed E-state index contributed by atoms with van der Waals surface area (Å²) in [5.74, 6) is -2.14. The number of aromatic hydroxyl groups is 1. The summed E-state index contributed by atoms with van der Waals surface area (Å²) < 4.78 is 25.9. The lowest BCUT2D eigenvalue weighted by molar-refractivity contribution is 0.0974. The Hall–Kier alpha value is -3.47. The first-order valence-corrected chi connectivity index (χ1v) is 7.56. The van der Waals surface area contributed by atoms with Gasteiger partial charge in [-0.1, -0.05) is 12.1 Å². The monoisotopic (exact) mass is 358 g/mol. The Morgan fingerprint density at radius 3 is 2.77 bits per heavy atom. The predicted octanol–water partition coefficient (Wildman–Crippen LogP) is 3.07. The van der Waals surface area contributed by atoms with Crippen molar-refractivity contribution in [3.8, 4) is 16.9 Å². The summed E-state index contributed by atoms with van der Waals surface area (Å²) in [6.07, 6.45) is 0. The maximum Gasteiger partial charge on any atom is 0.261 e. The van der Waals surface area contributed by atoms with Crippen LogP contribution in [-0.2, 0) is 0 Å². The Morgan fingerprint density at radius 1 is 1.38 bits per heavy atom. The Balaban J connectivity index is 2.65. The number of nitrogens with zero attached hydrogens (tertiary/aromatic N) is 2. The Bertz CT molecular complexity index is 920. The van der Waals surface area contributed by atoms with Crippen LogP contribution in [0.25, 0.3) is 16.0 Å². The Labute approximate surface area is 148 Å². The van der Waals surface area contributed by atoms with E-state index in [1.54, 1.807) is 6.92 Å². The van der Waals surface area contributed by atoms with Crippen molar-refractivity contribution in [3.05, 3.63) is 58.7 Å². The number of nitrogens with two attached hydrogens (primary N) is 1. The van der Waals surface area contributed by atoms with Gasteiger partial charge in [0.05, 0.1) is 18.7 Å². The number of halogens is 2. The first-order valence-electron chi connectivity index (χ1n) is 7.56. The molecule has 2 aromatic carbocycles. The van der Waals surface area contributed by atoms with E-state index in [9.17, 15) is 18.7 Å². The van der Waals surface area contributed by atoms with E-state index in [-0.39, 0.29) is 34.9 Å². The molecule has 0 radical (unpaired) electrons. The number of rotatable bonds is 4. The Morgan fingerprint density at radius 2 is 2.12 bits per heavy atom. The third-order valence-electron chi connectivity index (χ3n) is 3.59. The van der Waals surface area contributed by atoms with Crippen LogP contribution < -0.4 is 11.1 Å². The first-order chi connectivity index (χ1) is 12.4. The van der Waals surface area contributed by atoms with Gasteiger partial charge >= 0.3 is 0 Å². The van der Waals surface area contributed by atoms with Crippen LogP contribution in [0, 0.1) is 19.3 Å². The van der Waals surface area contributed by atoms with Gasteiger partial charge in [-0.25, -0.2) is 13.6 Å². The van der Waals surface area contributed by atoms with Crippen LogP contribution in [0.3, 0.4) is 0 Å². The predicted molar refractivity (Wildman–Crippen MR) is 94.4 cm³/mol. The van der Waals surface area contributed by atoms with Gasteiger partial charge in [0.2, 0.25) is 0 Å². The highest BCUT2D eigenvalue weighted by Crippen LogP contribution is 2.40. The molecule has 0 aliphatic heterocycles. The first kappa shape index (κ1) is 18.9. The van der Waals surface area contributed by atoms with Crippen LogP contribution in [0.4, 0.5) is 14.5 Å². The van der Waals surface area contributed by atoms with Gasteiger partial charge in [-0.05, 0) is 36.2 Å². The molecule has 0 aromatic heterocycles. The van der Waals surface area contributed by atoms with E-state index in [0.717, 1.165) is 0 Å². The van der Waals surface area contributed by atoms with E-state index < -0.39 is 24.1 Å². The minimum absolute atomic E-state index is 0.0564. The van der Waals surface area contributed by atoms with E-state index in [2.05, 4.69) is 15.2 Å². The van der Waals surface area contributed by atoms with Gasteiger partial charge in [-0.2, -0.15) is 0 Å². The van der Waals surface area contributed by atoms with Gasteiger partial charge in [0.1, 0.15) is 18.2 Å². The molecule has 134 valence electrons. The average Bonchev–Trinajstić information content (AvgIpc) is 2.61. The second kappa shape index (κ2) is 8.07. The highest BCUT2D eigenvalue weighted by Gasteiger charge is 2.23. The van der Waals surface area contributed by atoms with Crippen LogP contribution in [-0.4, -0.2) is 30.2 Å². The molecule has 0 spiro atoms. The number of carbonyl (C=O) groups excluding carboxylic acids is 1. The lowest BCUT2D eigenvalue weighted by Gasteiger charge is -2.15. The van der Waals surface area contributed by atoms with Crippen molar-refractivity contribution in [1.82, 2.24) is 5.32 Å². The number of nitrogens with one attached hydrogen (secondary N) is 1. The van der Waals surface area contributed by atoms with Crippen molar-refractivity contribution in [2.45, 2.75) is 6.92 Å². The van der Waals surface area contributed by atoms with Crippen molar-refractivity contribution >= 4 is 17.6 Å². The van der Waals surface area contributed by atoms with Crippen LogP contribution >= 0.6 is 0 Å². The molecule has 0 aliphatic rings. The number of aliphatic imine (C=N–C) groups is 1. The smallest absolute Gasteiger partial charge is 0.261 e. The normalized spacial score (nSPS) is 11.1. The molecule has 0 saturated heterocycles. The quantitative estimate of drug-likeness (QED) is 0.446. The topological polar surface area (TPSA) is 92.1 Å². The molecule has 0 aliphatic carbocycles. The second-order valence-corrected chi connectivity index (χ2v) is 5.33. The fourth-order valence-corrected chi connectivity index (χ4v) is 2.42. The van der Waals surface area contributed by atoms with Crippen LogP contribution in [0.2, 0.25) is 0 Å². The lowest BCUT2D eigenvalue weighted by Crippen LogP contribution is -2.37. The standard InChI is InChI=1S/C18H16F2N4O2/c1-10-3-4-11(20)9-12(10)15-13(22-2)5-6-14(25)16(15)17(26)24-18(21)23-8-7-19/h3-6,9,25H,7-8H2,1H3,(H3,21,23,24,26). The molecule has 0 saturated carbocycles. The van der Waals surface area contributed by atoms with Gasteiger partial charge in [-0.3, -0.25) is 15.1 Å². The summed E-state index contributed by atoms with van der Waals surface area (Å²) >= 11 is 0. The number of amides is 1. The van der Waals surface area contributed by atoms with Crippen molar-refractivity contribution in [1.29, 1.82) is 0 Å². The third kappa shape index (κ3) is 3.95. The minimum atomic E-state index is -0.841. The number of phenols is 1. The molecular formula is C18H16F2N4O2. The molecule has 6 nitrogen and oxygen atoms in total. The van der Waals surface area contributed by atoms with E-state index in [1.807, 2.05) is 0 Å². The maximum atomic E-state index is 13.7. The van der Waals surface area contributed by atoms with Gasteiger partial charge < -0.3 is 10.8 Å².